The molecule has 1 aromatic carbocycles. The highest BCUT2D eigenvalue weighted by molar-refractivity contribution is 6.09. The Balaban J connectivity index is 2.71. The van der Waals surface area contributed by atoms with E-state index in [0.717, 1.165) is 12.8 Å². The predicted molar refractivity (Wildman–Crippen MR) is 96.0 cm³/mol. The Hall–Kier alpha value is -1.84. The van der Waals surface area contributed by atoms with Gasteiger partial charge in [-0.15, -0.1) is 0 Å². The lowest BCUT2D eigenvalue weighted by Gasteiger charge is -2.16. The lowest BCUT2D eigenvalue weighted by atomic mass is 9.87. The van der Waals surface area contributed by atoms with Crippen LogP contribution in [0.1, 0.15) is 70.2 Å². The normalized spacial score (nSPS) is 11.2. The molecule has 0 fully saturated rings. The van der Waals surface area contributed by atoms with E-state index in [0.29, 0.717) is 23.7 Å². The molecule has 4 nitrogen and oxygen atoms in total. The molecule has 0 heterocycles. The first kappa shape index (κ1) is 20.2. The fourth-order valence-electron chi connectivity index (χ4n) is 2.18. The van der Waals surface area contributed by atoms with E-state index in [4.69, 9.17) is 9.47 Å². The Morgan fingerprint density at radius 3 is 2.33 bits per heavy atom. The summed E-state index contributed by atoms with van der Waals surface area (Å²) in [6, 6.07) is 5.09. The number of rotatable bonds is 10. The number of Topliss-reactive ketones (excluding diaryl/α,β-unsaturated/α-hetero) is 2. The van der Waals surface area contributed by atoms with Crippen molar-refractivity contribution in [2.75, 3.05) is 13.7 Å². The van der Waals surface area contributed by atoms with Crippen LogP contribution in [0, 0.1) is 5.41 Å². The van der Waals surface area contributed by atoms with Gasteiger partial charge in [-0.05, 0) is 24.6 Å². The average Bonchev–Trinajstić information content (AvgIpc) is 2.53. The van der Waals surface area contributed by atoms with Crippen molar-refractivity contribution in [2.45, 2.75) is 59.8 Å². The molecule has 0 aliphatic heterocycles. The fourth-order valence-corrected chi connectivity index (χ4v) is 2.18. The van der Waals surface area contributed by atoms with Crippen molar-refractivity contribution >= 4 is 11.6 Å². The maximum Gasteiger partial charge on any atom is 0.170 e. The van der Waals surface area contributed by atoms with Gasteiger partial charge in [0.15, 0.2) is 17.3 Å². The van der Waals surface area contributed by atoms with E-state index >= 15 is 0 Å². The zero-order valence-corrected chi connectivity index (χ0v) is 15.6. The third kappa shape index (κ3) is 6.34. The van der Waals surface area contributed by atoms with Gasteiger partial charge < -0.3 is 9.47 Å². The highest BCUT2D eigenvalue weighted by Crippen LogP contribution is 2.29. The molecule has 0 saturated heterocycles. The van der Waals surface area contributed by atoms with Crippen LogP contribution >= 0.6 is 0 Å². The molecule has 4 heteroatoms. The molecule has 0 spiro atoms. The van der Waals surface area contributed by atoms with Gasteiger partial charge in [0, 0.05) is 11.0 Å². The number of ketones is 2. The lowest BCUT2D eigenvalue weighted by molar-refractivity contribution is -0.125. The molecule has 0 radical (unpaired) electrons. The summed E-state index contributed by atoms with van der Waals surface area (Å²) >= 11 is 0. The summed E-state index contributed by atoms with van der Waals surface area (Å²) in [5.74, 6) is 0.901. The molecular weight excluding hydrogens is 304 g/mol. The van der Waals surface area contributed by atoms with Gasteiger partial charge in [-0.25, -0.2) is 0 Å². The minimum absolute atomic E-state index is 0.0669. The standard InChI is InChI=1S/C20H30O4/c1-6-7-8-9-12-24-17-11-10-15(13-18(17)23-5)16(21)14-19(22)20(2,3)4/h10-11,13H,6-9,12,14H2,1-5H3. The second kappa shape index (κ2) is 9.45. The number of carbonyl (C=O) groups is 2. The summed E-state index contributed by atoms with van der Waals surface area (Å²) in [5.41, 5.74) is -0.0378. The Morgan fingerprint density at radius 1 is 1.04 bits per heavy atom. The zero-order chi connectivity index (χ0) is 18.2. The number of hydrogen-bond donors (Lipinski definition) is 0. The van der Waals surface area contributed by atoms with Gasteiger partial charge in [0.2, 0.25) is 0 Å². The van der Waals surface area contributed by atoms with Gasteiger partial charge in [-0.3, -0.25) is 9.59 Å². The molecule has 0 amide bonds. The highest BCUT2D eigenvalue weighted by atomic mass is 16.5. The van der Waals surface area contributed by atoms with Crippen molar-refractivity contribution in [3.05, 3.63) is 23.8 Å². The SMILES string of the molecule is CCCCCCOc1ccc(C(=O)CC(=O)C(C)(C)C)cc1OC. The lowest BCUT2D eigenvalue weighted by Crippen LogP contribution is -2.23. The largest absolute Gasteiger partial charge is 0.493 e. The Morgan fingerprint density at radius 2 is 1.75 bits per heavy atom. The van der Waals surface area contributed by atoms with Crippen LogP contribution in [0.25, 0.3) is 0 Å². The minimum Gasteiger partial charge on any atom is -0.493 e. The van der Waals surface area contributed by atoms with Crippen molar-refractivity contribution in [3.8, 4) is 11.5 Å². The molecule has 0 aromatic heterocycles. The number of unbranched alkanes of at least 4 members (excludes halogenated alkanes) is 3. The topological polar surface area (TPSA) is 52.6 Å². The first-order valence-corrected chi connectivity index (χ1v) is 8.67. The predicted octanol–water partition coefficient (Wildman–Crippen LogP) is 4.84. The molecule has 0 bridgehead atoms. The number of ether oxygens (including phenoxy) is 2. The molecule has 1 aromatic rings. The molecule has 1 rings (SSSR count). The summed E-state index contributed by atoms with van der Waals surface area (Å²) < 4.78 is 11.1. The number of carbonyl (C=O) groups excluding carboxylic acids is 2. The van der Waals surface area contributed by atoms with Crippen LogP contribution in [-0.2, 0) is 4.79 Å². The fraction of sp³-hybridized carbons (Fsp3) is 0.600. The van der Waals surface area contributed by atoms with E-state index in [9.17, 15) is 9.59 Å². The molecule has 134 valence electrons. The van der Waals surface area contributed by atoms with Crippen molar-refractivity contribution in [3.63, 3.8) is 0 Å². The van der Waals surface area contributed by atoms with Gasteiger partial charge in [0.05, 0.1) is 20.1 Å². The van der Waals surface area contributed by atoms with Crippen LogP contribution in [0.3, 0.4) is 0 Å². The molecule has 0 saturated carbocycles. The third-order valence-electron chi connectivity index (χ3n) is 3.90. The maximum atomic E-state index is 12.3. The van der Waals surface area contributed by atoms with Crippen LogP contribution in [0.4, 0.5) is 0 Å². The Labute approximate surface area is 145 Å². The van der Waals surface area contributed by atoms with Crippen molar-refractivity contribution in [2.24, 2.45) is 5.41 Å². The molecule has 0 aliphatic carbocycles. The second-order valence-electron chi connectivity index (χ2n) is 7.05. The van der Waals surface area contributed by atoms with Gasteiger partial charge in [-0.2, -0.15) is 0 Å². The quantitative estimate of drug-likeness (QED) is 0.349. The highest BCUT2D eigenvalue weighted by Gasteiger charge is 2.24. The first-order chi connectivity index (χ1) is 11.3. The summed E-state index contributed by atoms with van der Waals surface area (Å²) in [6.07, 6.45) is 4.44. The Bertz CT molecular complexity index is 555. The van der Waals surface area contributed by atoms with Crippen LogP contribution < -0.4 is 9.47 Å². The van der Waals surface area contributed by atoms with Gasteiger partial charge >= 0.3 is 0 Å². The molecule has 0 unspecified atom stereocenters. The van der Waals surface area contributed by atoms with E-state index in [1.54, 1.807) is 25.3 Å². The zero-order valence-electron chi connectivity index (χ0n) is 15.6. The van der Waals surface area contributed by atoms with E-state index in [-0.39, 0.29) is 18.0 Å². The molecule has 0 aliphatic rings. The summed E-state index contributed by atoms with van der Waals surface area (Å²) in [7, 11) is 1.55. The molecule has 24 heavy (non-hydrogen) atoms. The monoisotopic (exact) mass is 334 g/mol. The van der Waals surface area contributed by atoms with Gasteiger partial charge in [0.25, 0.3) is 0 Å². The Kier molecular flexibility index (Phi) is 7.96. The van der Waals surface area contributed by atoms with Gasteiger partial charge in [-0.1, -0.05) is 47.0 Å². The van der Waals surface area contributed by atoms with Crippen LogP contribution in [0.15, 0.2) is 18.2 Å². The van der Waals surface area contributed by atoms with Crippen LogP contribution in [-0.4, -0.2) is 25.3 Å². The molecule has 0 N–H and O–H groups in total. The number of benzene rings is 1. The average molecular weight is 334 g/mol. The van der Waals surface area contributed by atoms with E-state index in [1.165, 1.54) is 12.8 Å². The minimum atomic E-state index is -0.513. The van der Waals surface area contributed by atoms with E-state index < -0.39 is 5.41 Å². The maximum absolute atomic E-state index is 12.3. The molecular formula is C20H30O4. The summed E-state index contributed by atoms with van der Waals surface area (Å²) in [6.45, 7) is 8.26. The second-order valence-corrected chi connectivity index (χ2v) is 7.05. The van der Waals surface area contributed by atoms with Crippen molar-refractivity contribution < 1.29 is 19.1 Å². The van der Waals surface area contributed by atoms with Crippen molar-refractivity contribution in [1.82, 2.24) is 0 Å². The number of hydrogen-bond acceptors (Lipinski definition) is 4. The summed E-state index contributed by atoms with van der Waals surface area (Å²) in [5, 5.41) is 0. The third-order valence-corrected chi connectivity index (χ3v) is 3.90. The van der Waals surface area contributed by atoms with Crippen LogP contribution in [0.5, 0.6) is 11.5 Å². The smallest absolute Gasteiger partial charge is 0.170 e. The summed E-state index contributed by atoms with van der Waals surface area (Å²) in [4.78, 5) is 24.3. The van der Waals surface area contributed by atoms with Crippen molar-refractivity contribution in [1.29, 1.82) is 0 Å². The van der Waals surface area contributed by atoms with E-state index in [2.05, 4.69) is 6.92 Å². The molecule has 0 atom stereocenters. The first-order valence-electron chi connectivity index (χ1n) is 8.67. The van der Waals surface area contributed by atoms with E-state index in [1.807, 2.05) is 20.8 Å². The van der Waals surface area contributed by atoms with Gasteiger partial charge in [0.1, 0.15) is 5.78 Å². The van der Waals surface area contributed by atoms with Crippen LogP contribution in [0.2, 0.25) is 0 Å². The number of methoxy groups -OCH3 is 1.